The van der Waals surface area contributed by atoms with E-state index in [1.54, 1.807) is 0 Å². The van der Waals surface area contributed by atoms with Crippen LogP contribution in [0.2, 0.25) is 0 Å². The molecule has 0 saturated carbocycles. The van der Waals surface area contributed by atoms with E-state index in [9.17, 15) is 0 Å². The van der Waals surface area contributed by atoms with Crippen molar-refractivity contribution in [1.29, 1.82) is 0 Å². The Morgan fingerprint density at radius 3 is 1.63 bits per heavy atom. The second kappa shape index (κ2) is 11.4. The minimum absolute atomic E-state index is 0.937. The van der Waals surface area contributed by atoms with Gasteiger partial charge < -0.3 is 4.42 Å². The Bertz CT molecular complexity index is 3430. The molecule has 0 spiro atoms. The van der Waals surface area contributed by atoms with Crippen molar-refractivity contribution in [3.05, 3.63) is 182 Å². The molecular weight excluding hydrogens is 673 g/mol. The highest BCUT2D eigenvalue weighted by Gasteiger charge is 2.19. The molecule has 10 aromatic carbocycles. The molecule has 0 saturated heterocycles. The smallest absolute Gasteiger partial charge is 0.136 e. The van der Waals surface area contributed by atoms with E-state index in [2.05, 4.69) is 182 Å². The number of benzene rings is 10. The van der Waals surface area contributed by atoms with Gasteiger partial charge in [0.05, 0.1) is 0 Å². The molecule has 12 rings (SSSR count). The van der Waals surface area contributed by atoms with Crippen LogP contribution in [-0.4, -0.2) is 0 Å². The van der Waals surface area contributed by atoms with Gasteiger partial charge in [-0.1, -0.05) is 146 Å². The summed E-state index contributed by atoms with van der Waals surface area (Å²) in [5.74, 6) is 0. The monoisotopic (exact) mass is 702 g/mol. The Morgan fingerprint density at radius 1 is 0.315 bits per heavy atom. The van der Waals surface area contributed by atoms with Gasteiger partial charge in [0.15, 0.2) is 0 Å². The molecule has 0 aliphatic heterocycles. The summed E-state index contributed by atoms with van der Waals surface area (Å²) in [5.41, 5.74) is 9.35. The zero-order chi connectivity index (χ0) is 35.3. The lowest BCUT2D eigenvalue weighted by molar-refractivity contribution is 0.670. The van der Waals surface area contributed by atoms with Crippen LogP contribution >= 0.6 is 11.3 Å². The largest absolute Gasteiger partial charge is 0.456 e. The van der Waals surface area contributed by atoms with Crippen LogP contribution in [0.15, 0.2) is 186 Å². The molecule has 2 heterocycles. The third kappa shape index (κ3) is 4.32. The van der Waals surface area contributed by atoms with E-state index >= 15 is 0 Å². The van der Waals surface area contributed by atoms with E-state index < -0.39 is 0 Å². The second-order valence-corrected chi connectivity index (χ2v) is 15.5. The quantitative estimate of drug-likeness (QED) is 0.167. The van der Waals surface area contributed by atoms with Crippen molar-refractivity contribution in [3.8, 4) is 33.4 Å². The van der Waals surface area contributed by atoms with E-state index in [1.807, 2.05) is 11.3 Å². The normalized spacial score (nSPS) is 12.1. The second-order valence-electron chi connectivity index (χ2n) is 14.4. The molecule has 0 unspecified atom stereocenters. The molecule has 2 aromatic heterocycles. The fourth-order valence-corrected chi connectivity index (χ4v) is 10.1. The molecule has 0 radical (unpaired) electrons. The molecule has 0 fully saturated rings. The van der Waals surface area contributed by atoms with E-state index in [1.165, 1.54) is 107 Å². The van der Waals surface area contributed by atoms with E-state index in [-0.39, 0.29) is 0 Å². The van der Waals surface area contributed by atoms with Crippen LogP contribution in [0, 0.1) is 0 Å². The number of hydrogen-bond acceptors (Lipinski definition) is 2. The molecule has 0 aliphatic carbocycles. The summed E-state index contributed by atoms with van der Waals surface area (Å²) in [6.07, 6.45) is 0. The highest BCUT2D eigenvalue weighted by atomic mass is 32.1. The molecular formula is C52H30OS. The average molecular weight is 703 g/mol. The van der Waals surface area contributed by atoms with Crippen molar-refractivity contribution < 1.29 is 4.42 Å². The first kappa shape index (κ1) is 29.8. The molecule has 250 valence electrons. The summed E-state index contributed by atoms with van der Waals surface area (Å²) < 4.78 is 9.05. The Labute approximate surface area is 314 Å². The van der Waals surface area contributed by atoms with Gasteiger partial charge in [-0.3, -0.25) is 0 Å². The van der Waals surface area contributed by atoms with Gasteiger partial charge in [-0.15, -0.1) is 11.3 Å². The van der Waals surface area contributed by atoms with Gasteiger partial charge in [-0.2, -0.15) is 0 Å². The Balaban J connectivity index is 1.03. The fourth-order valence-electron chi connectivity index (χ4n) is 9.00. The predicted molar refractivity (Wildman–Crippen MR) is 233 cm³/mol. The minimum Gasteiger partial charge on any atom is -0.456 e. The third-order valence-corrected chi connectivity index (χ3v) is 12.6. The SMILES string of the molecule is c1ccc2cc3c(cc2c1)oc1ccc2sc4ccc(-c5ccc(-c6c7ccccc7c(-c7cccc8ccccc78)c7ccccc67)cc5)cc4c2c13. The number of fused-ring (bicyclic) bond motifs is 11. The molecule has 0 amide bonds. The number of thiophene rings is 1. The van der Waals surface area contributed by atoms with E-state index in [0.29, 0.717) is 0 Å². The Hall–Kier alpha value is -6.74. The van der Waals surface area contributed by atoms with Crippen LogP contribution in [-0.2, 0) is 0 Å². The molecule has 1 nitrogen and oxygen atoms in total. The summed E-state index contributed by atoms with van der Waals surface area (Å²) in [7, 11) is 0. The molecule has 12 aromatic rings. The van der Waals surface area contributed by atoms with Gasteiger partial charge in [0.2, 0.25) is 0 Å². The standard InChI is InChI=1S/C52H30OS/c1-2-12-35-30-46-43(28-34(35)11-1)51-45(53-46)25-27-48-52(51)44-29-36(24-26-47(44)54-48)31-20-22-33(23-21-31)49-39-15-5-7-17-41(39)50(42-18-8-6-16-40(42)49)38-19-9-13-32-10-3-4-14-37(32)38/h1-30H. The number of rotatable bonds is 3. The summed E-state index contributed by atoms with van der Waals surface area (Å²) in [4.78, 5) is 0. The van der Waals surface area contributed by atoms with Crippen LogP contribution in [0.5, 0.6) is 0 Å². The molecule has 0 aliphatic rings. The van der Waals surface area contributed by atoms with Crippen molar-refractivity contribution >= 4 is 96.5 Å². The number of hydrogen-bond donors (Lipinski definition) is 0. The van der Waals surface area contributed by atoms with Crippen LogP contribution in [0.25, 0.3) is 119 Å². The summed E-state index contributed by atoms with van der Waals surface area (Å²) >= 11 is 1.86. The predicted octanol–water partition coefficient (Wildman–Crippen LogP) is 15.6. The van der Waals surface area contributed by atoms with Gasteiger partial charge >= 0.3 is 0 Å². The molecule has 54 heavy (non-hydrogen) atoms. The van der Waals surface area contributed by atoms with E-state index in [4.69, 9.17) is 4.42 Å². The van der Waals surface area contributed by atoms with Gasteiger partial charge in [0, 0.05) is 30.9 Å². The van der Waals surface area contributed by atoms with Crippen LogP contribution < -0.4 is 0 Å². The Morgan fingerprint density at radius 2 is 0.889 bits per heavy atom. The Kier molecular flexibility index (Phi) is 6.28. The fraction of sp³-hybridized carbons (Fsp3) is 0. The average Bonchev–Trinajstić information content (AvgIpc) is 3.79. The zero-order valence-electron chi connectivity index (χ0n) is 29.1. The van der Waals surface area contributed by atoms with Crippen LogP contribution in [0.4, 0.5) is 0 Å². The highest BCUT2D eigenvalue weighted by molar-refractivity contribution is 7.26. The van der Waals surface area contributed by atoms with Gasteiger partial charge in [0.25, 0.3) is 0 Å². The van der Waals surface area contributed by atoms with Crippen molar-refractivity contribution in [1.82, 2.24) is 0 Å². The van der Waals surface area contributed by atoms with Gasteiger partial charge in [0.1, 0.15) is 11.2 Å². The number of furan rings is 1. The van der Waals surface area contributed by atoms with Crippen molar-refractivity contribution in [2.75, 3.05) is 0 Å². The highest BCUT2D eigenvalue weighted by Crippen LogP contribution is 2.47. The first-order valence-corrected chi connectivity index (χ1v) is 19.3. The summed E-state index contributed by atoms with van der Waals surface area (Å²) in [5, 5.41) is 15.0. The maximum Gasteiger partial charge on any atom is 0.136 e. The van der Waals surface area contributed by atoms with Crippen molar-refractivity contribution in [2.24, 2.45) is 0 Å². The van der Waals surface area contributed by atoms with Crippen LogP contribution in [0.3, 0.4) is 0 Å². The zero-order valence-corrected chi connectivity index (χ0v) is 30.0. The van der Waals surface area contributed by atoms with Gasteiger partial charge in [-0.05, 0) is 113 Å². The summed E-state index contributed by atoms with van der Waals surface area (Å²) in [6, 6.07) is 66.8. The summed E-state index contributed by atoms with van der Waals surface area (Å²) in [6.45, 7) is 0. The first-order valence-electron chi connectivity index (χ1n) is 18.5. The maximum absolute atomic E-state index is 6.47. The van der Waals surface area contributed by atoms with Crippen molar-refractivity contribution in [2.45, 2.75) is 0 Å². The third-order valence-electron chi connectivity index (χ3n) is 11.4. The topological polar surface area (TPSA) is 13.1 Å². The first-order chi connectivity index (χ1) is 26.8. The van der Waals surface area contributed by atoms with Crippen LogP contribution in [0.1, 0.15) is 0 Å². The lowest BCUT2D eigenvalue weighted by atomic mass is 9.84. The van der Waals surface area contributed by atoms with Gasteiger partial charge in [-0.25, -0.2) is 0 Å². The molecule has 0 N–H and O–H groups in total. The van der Waals surface area contributed by atoms with Crippen molar-refractivity contribution in [3.63, 3.8) is 0 Å². The molecule has 0 atom stereocenters. The van der Waals surface area contributed by atoms with E-state index in [0.717, 1.165) is 11.2 Å². The molecule has 0 bridgehead atoms. The lowest BCUT2D eigenvalue weighted by Crippen LogP contribution is -1.91. The minimum atomic E-state index is 0.937. The molecule has 2 heteroatoms. The lowest BCUT2D eigenvalue weighted by Gasteiger charge is -2.19. The maximum atomic E-state index is 6.47.